The van der Waals surface area contributed by atoms with E-state index in [2.05, 4.69) is 4.98 Å². The van der Waals surface area contributed by atoms with E-state index in [9.17, 15) is 4.79 Å². The van der Waals surface area contributed by atoms with Crippen LogP contribution in [0.2, 0.25) is 0 Å². The fraction of sp³-hybridized carbons (Fsp3) is 0.0909. The highest BCUT2D eigenvalue weighted by molar-refractivity contribution is 6.31. The van der Waals surface area contributed by atoms with E-state index in [4.69, 9.17) is 13.6 Å². The van der Waals surface area contributed by atoms with Crippen LogP contribution in [0, 0.1) is 0 Å². The molecule has 0 unspecified atom stereocenters. The molecule has 0 saturated carbocycles. The van der Waals surface area contributed by atoms with E-state index in [-0.39, 0.29) is 11.7 Å². The first kappa shape index (κ1) is 16.8. The molecular formula is C22H17NO4. The number of carbonyl (C=O) groups excluding carboxylic acids is 1. The number of hydrogen-bond acceptors (Lipinski definition) is 5. The lowest BCUT2D eigenvalue weighted by Gasteiger charge is -2.05. The zero-order valence-corrected chi connectivity index (χ0v) is 14.7. The van der Waals surface area contributed by atoms with Crippen LogP contribution in [-0.2, 0) is 0 Å². The average Bonchev–Trinajstić information content (AvgIpc) is 3.35. The summed E-state index contributed by atoms with van der Waals surface area (Å²) in [7, 11) is 0. The van der Waals surface area contributed by atoms with Gasteiger partial charge in [0.05, 0.1) is 18.4 Å². The van der Waals surface area contributed by atoms with Gasteiger partial charge < -0.3 is 13.6 Å². The summed E-state index contributed by atoms with van der Waals surface area (Å²) in [5.41, 5.74) is 2.15. The third-order valence-corrected chi connectivity index (χ3v) is 4.03. The first-order valence-corrected chi connectivity index (χ1v) is 8.63. The molecule has 0 radical (unpaired) electrons. The number of ketones is 1. The highest BCUT2D eigenvalue weighted by atomic mass is 16.5. The molecule has 0 aliphatic heterocycles. The molecule has 0 aliphatic rings. The van der Waals surface area contributed by atoms with Crippen molar-refractivity contribution in [3.05, 3.63) is 84.1 Å². The van der Waals surface area contributed by atoms with Crippen molar-refractivity contribution in [2.75, 3.05) is 6.61 Å². The molecule has 27 heavy (non-hydrogen) atoms. The number of aromatic nitrogens is 1. The molecule has 0 N–H and O–H groups in total. The van der Waals surface area contributed by atoms with Crippen LogP contribution >= 0.6 is 0 Å². The Morgan fingerprint density at radius 1 is 1.07 bits per heavy atom. The molecule has 2 heterocycles. The van der Waals surface area contributed by atoms with Crippen LogP contribution in [0.1, 0.15) is 28.9 Å². The minimum atomic E-state index is -0.207. The Balaban J connectivity index is 1.76. The third kappa shape index (κ3) is 3.53. The number of nitrogens with zero attached hydrogens (tertiary/aromatic N) is 1. The molecule has 0 aliphatic carbocycles. The lowest BCUT2D eigenvalue weighted by atomic mass is 10.0. The maximum atomic E-state index is 13.2. The second-order valence-corrected chi connectivity index (χ2v) is 5.85. The number of benzene rings is 2. The van der Waals surface area contributed by atoms with Crippen molar-refractivity contribution in [2.45, 2.75) is 6.92 Å². The number of rotatable bonds is 6. The normalized spacial score (nSPS) is 11.7. The van der Waals surface area contributed by atoms with E-state index in [0.717, 1.165) is 0 Å². The predicted octanol–water partition coefficient (Wildman–Crippen LogP) is 5.24. The Morgan fingerprint density at radius 2 is 1.89 bits per heavy atom. The van der Waals surface area contributed by atoms with Gasteiger partial charge in [0.1, 0.15) is 17.0 Å². The maximum Gasteiger partial charge on any atom is 0.231 e. The van der Waals surface area contributed by atoms with Crippen LogP contribution in [0.4, 0.5) is 0 Å². The molecular weight excluding hydrogens is 342 g/mol. The Hall–Kier alpha value is -3.60. The molecule has 5 heteroatoms. The van der Waals surface area contributed by atoms with E-state index in [0.29, 0.717) is 40.4 Å². The fourth-order valence-corrected chi connectivity index (χ4v) is 2.75. The van der Waals surface area contributed by atoms with Gasteiger partial charge in [0.25, 0.3) is 0 Å². The van der Waals surface area contributed by atoms with Gasteiger partial charge in [-0.2, -0.15) is 0 Å². The number of ether oxygens (including phenoxy) is 1. The Morgan fingerprint density at radius 3 is 2.59 bits per heavy atom. The molecule has 4 rings (SSSR count). The molecule has 0 bridgehead atoms. The van der Waals surface area contributed by atoms with Crippen molar-refractivity contribution in [2.24, 2.45) is 0 Å². The summed E-state index contributed by atoms with van der Waals surface area (Å²) in [5, 5.41) is 0. The van der Waals surface area contributed by atoms with Crippen molar-refractivity contribution < 1.29 is 18.4 Å². The molecule has 0 spiro atoms. The molecule has 0 fully saturated rings. The number of oxazole rings is 1. The first-order valence-electron chi connectivity index (χ1n) is 8.63. The summed E-state index contributed by atoms with van der Waals surface area (Å²) >= 11 is 0. The molecule has 134 valence electrons. The number of furan rings is 1. The smallest absolute Gasteiger partial charge is 0.231 e. The Labute approximate surface area is 155 Å². The SMILES string of the molecule is CCOc1ccc(C(=O)C(=Cc2ccco2)c2nc3ccccc3o2)cc1. The van der Waals surface area contributed by atoms with E-state index < -0.39 is 0 Å². The van der Waals surface area contributed by atoms with Crippen LogP contribution in [-0.4, -0.2) is 17.4 Å². The summed E-state index contributed by atoms with van der Waals surface area (Å²) in [5.74, 6) is 1.31. The van der Waals surface area contributed by atoms with Crippen molar-refractivity contribution in [1.82, 2.24) is 4.98 Å². The topological polar surface area (TPSA) is 65.5 Å². The van der Waals surface area contributed by atoms with Crippen LogP contribution in [0.5, 0.6) is 5.75 Å². The molecule has 2 aromatic carbocycles. The monoisotopic (exact) mass is 359 g/mol. The van der Waals surface area contributed by atoms with Gasteiger partial charge in [-0.3, -0.25) is 4.79 Å². The van der Waals surface area contributed by atoms with Crippen molar-refractivity contribution >= 4 is 28.5 Å². The Bertz CT molecular complexity index is 1060. The Kier molecular flexibility index (Phi) is 4.58. The summed E-state index contributed by atoms with van der Waals surface area (Å²) in [4.78, 5) is 17.6. The van der Waals surface area contributed by atoms with Gasteiger partial charge in [0.15, 0.2) is 11.4 Å². The second kappa shape index (κ2) is 7.33. The van der Waals surface area contributed by atoms with E-state index in [1.165, 1.54) is 0 Å². The fourth-order valence-electron chi connectivity index (χ4n) is 2.75. The zero-order chi connectivity index (χ0) is 18.6. The number of allylic oxidation sites excluding steroid dienone is 1. The molecule has 2 aromatic heterocycles. The van der Waals surface area contributed by atoms with Crippen LogP contribution in [0.3, 0.4) is 0 Å². The lowest BCUT2D eigenvalue weighted by molar-refractivity contribution is 0.105. The van der Waals surface area contributed by atoms with E-state index in [1.54, 1.807) is 48.7 Å². The number of Topliss-reactive ketones (excluding diaryl/α,β-unsaturated/α-hetero) is 1. The summed E-state index contributed by atoms with van der Waals surface area (Å²) < 4.78 is 16.6. The lowest BCUT2D eigenvalue weighted by Crippen LogP contribution is -2.03. The van der Waals surface area contributed by atoms with Crippen molar-refractivity contribution in [1.29, 1.82) is 0 Å². The number of hydrogen-bond donors (Lipinski definition) is 0. The van der Waals surface area contributed by atoms with Gasteiger partial charge in [-0.05, 0) is 61.5 Å². The summed E-state index contributed by atoms with van der Waals surface area (Å²) in [6.45, 7) is 2.48. The highest BCUT2D eigenvalue weighted by Crippen LogP contribution is 2.27. The van der Waals surface area contributed by atoms with E-state index in [1.807, 2.05) is 31.2 Å². The van der Waals surface area contributed by atoms with Crippen molar-refractivity contribution in [3.8, 4) is 5.75 Å². The third-order valence-electron chi connectivity index (χ3n) is 4.03. The molecule has 0 amide bonds. The van der Waals surface area contributed by atoms with Crippen molar-refractivity contribution in [3.63, 3.8) is 0 Å². The second-order valence-electron chi connectivity index (χ2n) is 5.85. The minimum absolute atomic E-state index is 0.207. The van der Waals surface area contributed by atoms with Gasteiger partial charge in [-0.25, -0.2) is 4.98 Å². The first-order chi connectivity index (χ1) is 13.2. The van der Waals surface area contributed by atoms with Gasteiger partial charge in [0, 0.05) is 5.56 Å². The van der Waals surface area contributed by atoms with E-state index >= 15 is 0 Å². The predicted molar refractivity (Wildman–Crippen MR) is 103 cm³/mol. The average molecular weight is 359 g/mol. The summed E-state index contributed by atoms with van der Waals surface area (Å²) in [6.07, 6.45) is 3.19. The maximum absolute atomic E-state index is 13.2. The van der Waals surface area contributed by atoms with Crippen LogP contribution in [0.25, 0.3) is 22.7 Å². The number of fused-ring (bicyclic) bond motifs is 1. The van der Waals surface area contributed by atoms with Crippen LogP contribution in [0.15, 0.2) is 75.8 Å². The summed E-state index contributed by atoms with van der Waals surface area (Å²) in [6, 6.07) is 17.9. The quantitative estimate of drug-likeness (QED) is 0.348. The molecule has 0 atom stereocenters. The molecule has 4 aromatic rings. The van der Waals surface area contributed by atoms with Crippen LogP contribution < -0.4 is 4.74 Å². The van der Waals surface area contributed by atoms with Gasteiger partial charge in [0.2, 0.25) is 5.89 Å². The zero-order valence-electron chi connectivity index (χ0n) is 14.7. The highest BCUT2D eigenvalue weighted by Gasteiger charge is 2.20. The largest absolute Gasteiger partial charge is 0.494 e. The number of carbonyl (C=O) groups is 1. The minimum Gasteiger partial charge on any atom is -0.494 e. The molecule has 5 nitrogen and oxygen atoms in total. The van der Waals surface area contributed by atoms with Gasteiger partial charge >= 0.3 is 0 Å². The van der Waals surface area contributed by atoms with Gasteiger partial charge in [-0.1, -0.05) is 12.1 Å². The number of para-hydroxylation sites is 2. The molecule has 0 saturated heterocycles. The standard InChI is InChI=1S/C22H17NO4/c1-2-25-16-11-9-15(10-12-16)21(24)18(14-17-6-5-13-26-17)22-23-19-7-3-4-8-20(19)27-22/h3-14H,2H2,1H3. The van der Waals surface area contributed by atoms with Gasteiger partial charge in [-0.15, -0.1) is 0 Å².